The number of benzene rings is 1. The quantitative estimate of drug-likeness (QED) is 0.171. The minimum Gasteiger partial charge on any atom is -0.507 e. The predicted octanol–water partition coefficient (Wildman–Crippen LogP) is 7.33. The average molecular weight is 461 g/mol. The molecule has 3 nitrogen and oxygen atoms in total. The topological polar surface area (TPSA) is 42.0 Å². The molecule has 3 rings (SSSR count). The van der Waals surface area contributed by atoms with Crippen LogP contribution in [-0.4, -0.2) is 28.0 Å². The summed E-state index contributed by atoms with van der Waals surface area (Å²) < 4.78 is 12.0. The average Bonchev–Trinajstić information content (AvgIpc) is 3.52. The summed E-state index contributed by atoms with van der Waals surface area (Å²) in [6, 6.07) is 4.01. The van der Waals surface area contributed by atoms with Gasteiger partial charge in [-0.05, 0) is 81.8 Å². The van der Waals surface area contributed by atoms with E-state index in [0.29, 0.717) is 22.0 Å². The highest BCUT2D eigenvalue weighted by Crippen LogP contribution is 2.47. The number of thioether (sulfide) groups is 1. The summed E-state index contributed by atoms with van der Waals surface area (Å²) in [6.07, 6.45) is 10.2. The van der Waals surface area contributed by atoms with Gasteiger partial charge in [-0.15, -0.1) is 0 Å². The first-order valence-electron chi connectivity index (χ1n) is 11.5. The van der Waals surface area contributed by atoms with Crippen LogP contribution in [0.25, 0.3) is 0 Å². The highest BCUT2D eigenvalue weighted by Gasteiger charge is 2.31. The maximum atomic E-state index is 11.1. The van der Waals surface area contributed by atoms with Crippen LogP contribution < -0.4 is 4.74 Å². The number of thiocarbonyl (C=S) groups is 1. The van der Waals surface area contributed by atoms with Crippen molar-refractivity contribution >= 4 is 28.4 Å². The third-order valence-corrected chi connectivity index (χ3v) is 7.41. The summed E-state index contributed by atoms with van der Waals surface area (Å²) >= 11 is 7.10. The highest BCUT2D eigenvalue weighted by atomic mass is 32.2. The molecule has 1 N–H and O–H groups in total. The fourth-order valence-corrected chi connectivity index (χ4v) is 5.38. The van der Waals surface area contributed by atoms with Gasteiger partial charge in [0.2, 0.25) is 4.38 Å². The van der Waals surface area contributed by atoms with Crippen molar-refractivity contribution in [3.63, 3.8) is 0 Å². The van der Waals surface area contributed by atoms with Crippen LogP contribution in [0.3, 0.4) is 0 Å². The molecule has 1 aromatic carbocycles. The first kappa shape index (κ1) is 24.3. The van der Waals surface area contributed by atoms with Gasteiger partial charge in [-0.1, -0.05) is 55.3 Å². The monoisotopic (exact) mass is 460 g/mol. The second-order valence-corrected chi connectivity index (χ2v) is 10.7. The van der Waals surface area contributed by atoms with Gasteiger partial charge in [0.25, 0.3) is 0 Å². The number of aromatic hydroxyl groups is 1. The number of unbranched alkanes of at least 4 members (excludes halogenated alkanes) is 2. The zero-order valence-corrected chi connectivity index (χ0v) is 20.7. The zero-order valence-electron chi connectivity index (χ0n) is 19.1. The lowest BCUT2D eigenvalue weighted by Crippen LogP contribution is -2.18. The second kappa shape index (κ2) is 11.5. The Labute approximate surface area is 197 Å². The zero-order chi connectivity index (χ0) is 22.4. The Morgan fingerprint density at radius 1 is 1.35 bits per heavy atom. The summed E-state index contributed by atoms with van der Waals surface area (Å²) in [5, 5.41) is 11.1. The van der Waals surface area contributed by atoms with Crippen molar-refractivity contribution in [1.29, 1.82) is 0 Å². The number of phenolic OH excluding ortho intramolecular Hbond substituents is 1. The largest absolute Gasteiger partial charge is 0.507 e. The van der Waals surface area contributed by atoms with Crippen LogP contribution in [0.2, 0.25) is 0 Å². The van der Waals surface area contributed by atoms with Crippen LogP contribution in [0.5, 0.6) is 11.5 Å². The van der Waals surface area contributed by atoms with E-state index in [1.54, 1.807) is 11.8 Å². The van der Waals surface area contributed by atoms with E-state index in [4.69, 9.17) is 21.7 Å². The molecular formula is C26H36O3S2. The Kier molecular flexibility index (Phi) is 9.06. The molecule has 1 aromatic rings. The molecule has 1 aliphatic carbocycles. The van der Waals surface area contributed by atoms with Gasteiger partial charge >= 0.3 is 0 Å². The van der Waals surface area contributed by atoms with Gasteiger partial charge in [0.05, 0.1) is 12.7 Å². The van der Waals surface area contributed by atoms with Crippen LogP contribution in [0, 0.1) is 5.92 Å². The summed E-state index contributed by atoms with van der Waals surface area (Å²) in [4.78, 5) is 0. The van der Waals surface area contributed by atoms with Crippen LogP contribution in [0.1, 0.15) is 76.3 Å². The number of phenols is 1. The molecule has 2 aliphatic rings. The fourth-order valence-electron chi connectivity index (χ4n) is 4.34. The van der Waals surface area contributed by atoms with Crippen molar-refractivity contribution < 1.29 is 14.6 Å². The lowest BCUT2D eigenvalue weighted by molar-refractivity contribution is 0.404. The molecule has 0 aromatic heterocycles. The molecular weight excluding hydrogens is 424 g/mol. The van der Waals surface area contributed by atoms with Crippen LogP contribution >= 0.6 is 24.0 Å². The molecule has 0 amide bonds. The van der Waals surface area contributed by atoms with Gasteiger partial charge in [0.1, 0.15) is 11.5 Å². The fraction of sp³-hybridized carbons (Fsp3) is 0.577. The molecule has 0 bridgehead atoms. The standard InChI is InChI=1S/C26H36O3S2/c1-5-6-7-8-19-14-23(27)25(22-13-18(4)9-10-21(22)17(2)3)24(15-19)29-26(30)31-12-11-20-16-28-20/h13-15,20-22,27H,2,5-12,16H2,1,3-4H3/t20?,21-,22+/m0/s1. The van der Waals surface area contributed by atoms with Gasteiger partial charge in [0, 0.05) is 17.2 Å². The third-order valence-electron chi connectivity index (χ3n) is 6.22. The lowest BCUT2D eigenvalue weighted by Gasteiger charge is -2.32. The van der Waals surface area contributed by atoms with Gasteiger partial charge in [-0.25, -0.2) is 0 Å². The minimum absolute atomic E-state index is 0.0543. The molecule has 3 atom stereocenters. The molecule has 31 heavy (non-hydrogen) atoms. The number of allylic oxidation sites excluding steroid dienone is 3. The molecule has 1 aliphatic heterocycles. The molecule has 1 heterocycles. The van der Waals surface area contributed by atoms with Crippen molar-refractivity contribution in [1.82, 2.24) is 0 Å². The second-order valence-electron chi connectivity index (χ2n) is 8.96. The number of hydrogen-bond acceptors (Lipinski definition) is 5. The Bertz CT molecular complexity index is 826. The molecule has 1 fully saturated rings. The van der Waals surface area contributed by atoms with E-state index in [9.17, 15) is 5.11 Å². The number of epoxide rings is 1. The highest BCUT2D eigenvalue weighted by molar-refractivity contribution is 8.22. The molecule has 5 heteroatoms. The van der Waals surface area contributed by atoms with Crippen molar-refractivity contribution in [2.75, 3.05) is 12.4 Å². The van der Waals surface area contributed by atoms with E-state index in [0.717, 1.165) is 61.2 Å². The van der Waals surface area contributed by atoms with Crippen molar-refractivity contribution in [2.45, 2.75) is 77.7 Å². The molecule has 0 spiro atoms. The summed E-state index contributed by atoms with van der Waals surface area (Å²) in [7, 11) is 0. The van der Waals surface area contributed by atoms with Gasteiger partial charge in [0.15, 0.2) is 0 Å². The van der Waals surface area contributed by atoms with Crippen molar-refractivity contribution in [2.24, 2.45) is 5.92 Å². The molecule has 0 saturated carbocycles. The Hall–Kier alpha value is -1.30. The van der Waals surface area contributed by atoms with Crippen LogP contribution in [-0.2, 0) is 11.2 Å². The van der Waals surface area contributed by atoms with E-state index in [1.807, 2.05) is 6.07 Å². The summed E-state index contributed by atoms with van der Waals surface area (Å²) in [6.45, 7) is 11.6. The van der Waals surface area contributed by atoms with Crippen molar-refractivity contribution in [3.8, 4) is 11.5 Å². The van der Waals surface area contributed by atoms with Crippen LogP contribution in [0.4, 0.5) is 0 Å². The number of rotatable bonds is 10. The minimum atomic E-state index is 0.0543. The van der Waals surface area contributed by atoms with Gasteiger partial charge < -0.3 is 14.6 Å². The van der Waals surface area contributed by atoms with E-state index in [-0.39, 0.29) is 11.8 Å². The number of ether oxygens (including phenoxy) is 2. The Morgan fingerprint density at radius 3 is 2.81 bits per heavy atom. The van der Waals surface area contributed by atoms with Crippen LogP contribution in [0.15, 0.2) is 35.9 Å². The molecule has 1 unspecified atom stereocenters. The smallest absolute Gasteiger partial charge is 0.225 e. The van der Waals surface area contributed by atoms with E-state index in [2.05, 4.69) is 39.5 Å². The Balaban J connectivity index is 1.88. The molecule has 170 valence electrons. The van der Waals surface area contributed by atoms with E-state index < -0.39 is 0 Å². The van der Waals surface area contributed by atoms with Gasteiger partial charge in [-0.3, -0.25) is 0 Å². The normalized spacial score (nSPS) is 22.7. The Morgan fingerprint density at radius 2 is 2.13 bits per heavy atom. The molecule has 0 radical (unpaired) electrons. The van der Waals surface area contributed by atoms with Gasteiger partial charge in [-0.2, -0.15) is 0 Å². The SMILES string of the molecule is C=C(C)[C@@H]1CCC(C)=C[C@H]1c1c(O)cc(CCCCC)cc1OC(=S)SCCC1CO1. The van der Waals surface area contributed by atoms with Crippen molar-refractivity contribution in [3.05, 3.63) is 47.1 Å². The summed E-state index contributed by atoms with van der Waals surface area (Å²) in [5.41, 5.74) is 4.45. The first-order chi connectivity index (χ1) is 14.9. The molecule has 1 saturated heterocycles. The van der Waals surface area contributed by atoms with E-state index >= 15 is 0 Å². The first-order valence-corrected chi connectivity index (χ1v) is 12.9. The summed E-state index contributed by atoms with van der Waals surface area (Å²) in [5.74, 6) is 2.24. The third kappa shape index (κ3) is 7.10. The predicted molar refractivity (Wildman–Crippen MR) is 135 cm³/mol. The lowest BCUT2D eigenvalue weighted by atomic mass is 9.73. The number of aryl methyl sites for hydroxylation is 1. The number of hydrogen-bond donors (Lipinski definition) is 1. The maximum absolute atomic E-state index is 11.1. The maximum Gasteiger partial charge on any atom is 0.225 e. The van der Waals surface area contributed by atoms with E-state index in [1.165, 1.54) is 18.4 Å².